The molecule has 3 aromatic rings. The van der Waals surface area contributed by atoms with Crippen LogP contribution in [0.2, 0.25) is 0 Å². The van der Waals surface area contributed by atoms with Crippen LogP contribution in [0.1, 0.15) is 28.8 Å². The molecule has 5 heteroatoms. The summed E-state index contributed by atoms with van der Waals surface area (Å²) in [5.74, 6) is 0.219. The maximum Gasteiger partial charge on any atom is 0.231 e. The SMILES string of the molecule is CN(C1=C(c2ccccc2)C2CC1(C(=O)c1ccc3ccccc3c1)C2)S(C)(=O)=O. The van der Waals surface area contributed by atoms with Crippen LogP contribution >= 0.6 is 0 Å². The third kappa shape index (κ3) is 2.72. The predicted molar refractivity (Wildman–Crippen MR) is 119 cm³/mol. The number of rotatable bonds is 5. The number of hydrogen-bond donors (Lipinski definition) is 0. The lowest BCUT2D eigenvalue weighted by Crippen LogP contribution is -2.44. The van der Waals surface area contributed by atoms with E-state index in [-0.39, 0.29) is 11.7 Å². The quantitative estimate of drug-likeness (QED) is 0.564. The van der Waals surface area contributed by atoms with Crippen LogP contribution in [0.15, 0.2) is 78.5 Å². The second kappa shape index (κ2) is 6.54. The van der Waals surface area contributed by atoms with Crippen LogP contribution in [0.5, 0.6) is 0 Å². The van der Waals surface area contributed by atoms with E-state index in [9.17, 15) is 13.2 Å². The molecule has 1 fully saturated rings. The van der Waals surface area contributed by atoms with E-state index < -0.39 is 15.4 Å². The van der Waals surface area contributed by atoms with Crippen molar-refractivity contribution in [1.82, 2.24) is 4.31 Å². The minimum Gasteiger partial charge on any atom is -0.293 e. The molecule has 0 spiro atoms. The van der Waals surface area contributed by atoms with Crippen molar-refractivity contribution in [2.75, 3.05) is 13.3 Å². The van der Waals surface area contributed by atoms with Gasteiger partial charge in [-0.05, 0) is 46.7 Å². The van der Waals surface area contributed by atoms with Crippen molar-refractivity contribution < 1.29 is 13.2 Å². The lowest BCUT2D eigenvalue weighted by Gasteiger charge is -2.41. The zero-order valence-corrected chi connectivity index (χ0v) is 17.8. The maximum absolute atomic E-state index is 13.8. The molecule has 0 aromatic heterocycles. The van der Waals surface area contributed by atoms with Gasteiger partial charge in [0.25, 0.3) is 0 Å². The number of carbonyl (C=O) groups is 1. The van der Waals surface area contributed by atoms with Crippen LogP contribution in [0, 0.1) is 11.3 Å². The van der Waals surface area contributed by atoms with Gasteiger partial charge >= 0.3 is 0 Å². The van der Waals surface area contributed by atoms with Crippen molar-refractivity contribution in [3.8, 4) is 0 Å². The second-order valence-corrected chi connectivity index (χ2v) is 10.5. The summed E-state index contributed by atoms with van der Waals surface area (Å²) in [5, 5.41) is 2.09. The highest BCUT2D eigenvalue weighted by atomic mass is 32.2. The first-order valence-electron chi connectivity index (χ1n) is 10.1. The Morgan fingerprint density at radius 1 is 0.933 bits per heavy atom. The molecule has 0 unspecified atom stereocenters. The van der Waals surface area contributed by atoms with E-state index in [0.717, 1.165) is 21.9 Å². The largest absolute Gasteiger partial charge is 0.293 e. The summed E-state index contributed by atoms with van der Waals surface area (Å²) in [5.41, 5.74) is 2.51. The van der Waals surface area contributed by atoms with Gasteiger partial charge in [0, 0.05) is 18.3 Å². The monoisotopic (exact) mass is 417 g/mol. The number of allylic oxidation sites excluding steroid dienone is 2. The van der Waals surface area contributed by atoms with Gasteiger partial charge in [0.2, 0.25) is 10.0 Å². The molecule has 3 aromatic carbocycles. The summed E-state index contributed by atoms with van der Waals surface area (Å²) < 4.78 is 26.4. The molecular formula is C25H23NO3S. The first-order chi connectivity index (χ1) is 14.3. The second-order valence-electron chi connectivity index (χ2n) is 8.44. The van der Waals surface area contributed by atoms with E-state index in [4.69, 9.17) is 0 Å². The van der Waals surface area contributed by atoms with Crippen LogP contribution in [-0.2, 0) is 10.0 Å². The fourth-order valence-electron chi connectivity index (χ4n) is 5.16. The highest BCUT2D eigenvalue weighted by Gasteiger charge is 2.62. The number of ketones is 1. The van der Waals surface area contributed by atoms with Gasteiger partial charge in [-0.2, -0.15) is 0 Å². The van der Waals surface area contributed by atoms with Crippen LogP contribution in [0.3, 0.4) is 0 Å². The minimum absolute atomic E-state index is 0.0148. The standard InChI is InChI=1S/C25H23NO3S/c1-26(30(2,28)29)23-22(18-9-4-3-5-10-18)21-15-25(23,16-21)24(27)20-13-12-17-8-6-7-11-19(17)14-20/h3-14,21H,15-16H2,1-2H3. The van der Waals surface area contributed by atoms with E-state index in [0.29, 0.717) is 24.1 Å². The highest BCUT2D eigenvalue weighted by Crippen LogP contribution is 2.66. The number of fused-ring (bicyclic) bond motifs is 1. The Morgan fingerprint density at radius 3 is 2.23 bits per heavy atom. The number of nitrogens with zero attached hydrogens (tertiary/aromatic N) is 1. The summed E-state index contributed by atoms with van der Waals surface area (Å²) in [6, 6.07) is 23.6. The summed E-state index contributed by atoms with van der Waals surface area (Å²) >= 11 is 0. The average molecular weight is 418 g/mol. The van der Waals surface area contributed by atoms with Gasteiger partial charge in [-0.15, -0.1) is 0 Å². The molecule has 3 aliphatic carbocycles. The summed E-state index contributed by atoms with van der Waals surface area (Å²) in [6.07, 6.45) is 2.53. The zero-order valence-electron chi connectivity index (χ0n) is 17.0. The van der Waals surface area contributed by atoms with E-state index in [1.54, 1.807) is 7.05 Å². The Kier molecular flexibility index (Phi) is 4.16. The van der Waals surface area contributed by atoms with Gasteiger partial charge in [-0.25, -0.2) is 8.42 Å². The maximum atomic E-state index is 13.8. The number of carbonyl (C=O) groups excluding carboxylic acids is 1. The van der Waals surface area contributed by atoms with Crippen LogP contribution < -0.4 is 0 Å². The summed E-state index contributed by atoms with van der Waals surface area (Å²) in [7, 11) is -1.93. The molecule has 6 rings (SSSR count). The molecule has 0 radical (unpaired) electrons. The average Bonchev–Trinajstić information content (AvgIpc) is 3.23. The van der Waals surface area contributed by atoms with Gasteiger partial charge in [0.05, 0.1) is 11.7 Å². The number of benzene rings is 3. The molecule has 4 nitrogen and oxygen atoms in total. The molecular weight excluding hydrogens is 394 g/mol. The van der Waals surface area contributed by atoms with Crippen molar-refractivity contribution in [3.63, 3.8) is 0 Å². The van der Waals surface area contributed by atoms with Gasteiger partial charge in [-0.3, -0.25) is 9.10 Å². The van der Waals surface area contributed by atoms with E-state index >= 15 is 0 Å². The van der Waals surface area contributed by atoms with Crippen molar-refractivity contribution in [1.29, 1.82) is 0 Å². The van der Waals surface area contributed by atoms with Gasteiger partial charge in [0.1, 0.15) is 0 Å². The first-order valence-corrected chi connectivity index (χ1v) is 11.9. The smallest absolute Gasteiger partial charge is 0.231 e. The van der Waals surface area contributed by atoms with Crippen LogP contribution in [-0.4, -0.2) is 31.8 Å². The molecule has 2 bridgehead atoms. The zero-order chi connectivity index (χ0) is 21.1. The van der Waals surface area contributed by atoms with Crippen molar-refractivity contribution >= 4 is 32.2 Å². The Morgan fingerprint density at radius 2 is 1.57 bits per heavy atom. The topological polar surface area (TPSA) is 54.5 Å². The fraction of sp³-hybridized carbons (Fsp3) is 0.240. The van der Waals surface area contributed by atoms with Crippen molar-refractivity contribution in [2.45, 2.75) is 12.8 Å². The predicted octanol–water partition coefficient (Wildman–Crippen LogP) is 4.74. The summed E-state index contributed by atoms with van der Waals surface area (Å²) in [4.78, 5) is 13.8. The number of sulfonamides is 1. The van der Waals surface area contributed by atoms with Gasteiger partial charge in [0.15, 0.2) is 5.78 Å². The van der Waals surface area contributed by atoms with Gasteiger partial charge in [-0.1, -0.05) is 66.7 Å². The molecule has 0 aliphatic heterocycles. The van der Waals surface area contributed by atoms with Crippen molar-refractivity contribution in [2.24, 2.45) is 11.3 Å². The third-order valence-electron chi connectivity index (χ3n) is 6.65. The molecule has 30 heavy (non-hydrogen) atoms. The summed E-state index contributed by atoms with van der Waals surface area (Å²) in [6.45, 7) is 0. The molecule has 152 valence electrons. The minimum atomic E-state index is -3.50. The molecule has 0 N–H and O–H groups in total. The Hall–Kier alpha value is -2.92. The Labute approximate surface area is 176 Å². The van der Waals surface area contributed by atoms with Crippen LogP contribution in [0.4, 0.5) is 0 Å². The van der Waals surface area contributed by atoms with E-state index in [1.807, 2.05) is 72.8 Å². The molecule has 0 amide bonds. The lowest BCUT2D eigenvalue weighted by atomic mass is 9.63. The van der Waals surface area contributed by atoms with E-state index in [2.05, 4.69) is 0 Å². The molecule has 1 saturated carbocycles. The third-order valence-corrected chi connectivity index (χ3v) is 7.83. The van der Waals surface area contributed by atoms with E-state index in [1.165, 1.54) is 10.6 Å². The molecule has 0 heterocycles. The first kappa shape index (κ1) is 19.1. The van der Waals surface area contributed by atoms with Crippen LogP contribution in [0.25, 0.3) is 16.3 Å². The van der Waals surface area contributed by atoms with Gasteiger partial charge < -0.3 is 0 Å². The lowest BCUT2D eigenvalue weighted by molar-refractivity contribution is 0.0657. The Bertz CT molecular complexity index is 1300. The normalized spacial score (nSPS) is 22.8. The van der Waals surface area contributed by atoms with Crippen molar-refractivity contribution in [3.05, 3.63) is 89.6 Å². The molecule has 0 atom stereocenters. The molecule has 0 saturated heterocycles. The highest BCUT2D eigenvalue weighted by molar-refractivity contribution is 7.88. The number of Topliss-reactive ketones (excluding diaryl/α,β-unsaturated/α-hetero) is 1. The fourth-order valence-corrected chi connectivity index (χ4v) is 5.76. The Balaban J connectivity index is 1.66. The molecule has 3 aliphatic rings. The number of hydrogen-bond acceptors (Lipinski definition) is 3.